The summed E-state index contributed by atoms with van der Waals surface area (Å²) >= 11 is 1.20. The van der Waals surface area contributed by atoms with Crippen LogP contribution in [0, 0.1) is 0 Å². The maximum Gasteiger partial charge on any atom is 0.334 e. The molecule has 11 heteroatoms. The third-order valence-corrected chi connectivity index (χ3v) is 5.69. The zero-order chi connectivity index (χ0) is 20.5. The highest BCUT2D eigenvalue weighted by molar-refractivity contribution is 7.12. The topological polar surface area (TPSA) is 121 Å². The van der Waals surface area contributed by atoms with Crippen LogP contribution in [0.25, 0.3) is 16.3 Å². The van der Waals surface area contributed by atoms with E-state index in [1.165, 1.54) is 15.9 Å². The molecule has 160 valence electrons. The lowest BCUT2D eigenvalue weighted by atomic mass is 10.2. The van der Waals surface area contributed by atoms with Gasteiger partial charge in [0.2, 0.25) is 0 Å². The predicted octanol–water partition coefficient (Wildman–Crippen LogP) is 1.86. The van der Waals surface area contributed by atoms with Crippen LogP contribution in [-0.2, 0) is 0 Å². The fourth-order valence-corrected chi connectivity index (χ4v) is 4.24. The van der Waals surface area contributed by atoms with Gasteiger partial charge in [-0.05, 0) is 18.2 Å². The Hall–Kier alpha value is -3.57. The molecule has 0 spiro atoms. The largest absolute Gasteiger partial charge is 0.367 e. The summed E-state index contributed by atoms with van der Waals surface area (Å²) in [5.41, 5.74) is 2.51. The minimum atomic E-state index is -0.359. The summed E-state index contributed by atoms with van der Waals surface area (Å²) in [6.07, 6.45) is 4.95. The molecule has 0 saturated carbocycles. The first kappa shape index (κ1) is 20.7. The number of piperazine rings is 1. The number of hydrogen-bond donors (Lipinski definition) is 3. The van der Waals surface area contributed by atoms with Crippen LogP contribution < -0.4 is 21.2 Å². The fraction of sp³-hybridized carbons (Fsp3) is 0.250. The number of carbonyl (C=O) groups is 1. The Balaban J connectivity index is 0.00000231. The van der Waals surface area contributed by atoms with Crippen molar-refractivity contribution in [1.82, 2.24) is 29.8 Å². The molecule has 1 aliphatic heterocycles. The van der Waals surface area contributed by atoms with E-state index in [2.05, 4.69) is 35.5 Å². The van der Waals surface area contributed by atoms with E-state index in [1.54, 1.807) is 36.1 Å². The fourth-order valence-electron chi connectivity index (χ4n) is 3.44. The maximum atomic E-state index is 12.8. The van der Waals surface area contributed by atoms with Crippen molar-refractivity contribution in [3.63, 3.8) is 0 Å². The number of aromatic nitrogens is 5. The lowest BCUT2D eigenvalue weighted by Gasteiger charge is -2.30. The molecular formula is C20H22N8O2S. The molecule has 0 radical (unpaired) electrons. The smallest absolute Gasteiger partial charge is 0.334 e. The standard InChI is InChI=1S/C19H18N8O2S.CH4/c28-17(23-13-10-21-5-3-15(13)26-8-6-20-7-9-26)14-11-30-19(25-14)27-16-12(24-18(27)29)2-1-4-22-16;/h1-5,10-11,20H,6-9H2,(H,23,28)(H,24,29);1H4. The molecule has 4 aromatic heterocycles. The Morgan fingerprint density at radius 1 is 1.19 bits per heavy atom. The monoisotopic (exact) mass is 438 g/mol. The number of aromatic amines is 1. The molecule has 31 heavy (non-hydrogen) atoms. The summed E-state index contributed by atoms with van der Waals surface area (Å²) in [7, 11) is 0. The van der Waals surface area contributed by atoms with Crippen LogP contribution in [0.1, 0.15) is 17.9 Å². The number of rotatable bonds is 4. The number of hydrogen-bond acceptors (Lipinski definition) is 8. The molecule has 1 saturated heterocycles. The third kappa shape index (κ3) is 3.92. The van der Waals surface area contributed by atoms with Crippen molar-refractivity contribution in [2.45, 2.75) is 7.43 Å². The second-order valence-corrected chi connectivity index (χ2v) is 7.58. The van der Waals surface area contributed by atoms with Crippen LogP contribution in [0.15, 0.2) is 47.0 Å². The maximum absolute atomic E-state index is 12.8. The summed E-state index contributed by atoms with van der Waals surface area (Å²) < 4.78 is 1.37. The molecule has 0 aliphatic carbocycles. The number of nitrogens with zero attached hydrogens (tertiary/aromatic N) is 5. The SMILES string of the molecule is C.O=C(Nc1cnccc1N1CCNCC1)c1csc(-n2c(=O)[nH]c3cccnc32)n1. The minimum Gasteiger partial charge on any atom is -0.367 e. The highest BCUT2D eigenvalue weighted by Gasteiger charge is 2.19. The molecule has 0 atom stereocenters. The Labute approximate surface area is 182 Å². The normalized spacial score (nSPS) is 13.7. The van der Waals surface area contributed by atoms with E-state index >= 15 is 0 Å². The number of fused-ring (bicyclic) bond motifs is 1. The van der Waals surface area contributed by atoms with E-state index in [9.17, 15) is 9.59 Å². The molecule has 1 aliphatic rings. The number of carbonyl (C=O) groups excluding carboxylic acids is 1. The van der Waals surface area contributed by atoms with E-state index < -0.39 is 0 Å². The number of H-pyrrole nitrogens is 1. The van der Waals surface area contributed by atoms with E-state index in [-0.39, 0.29) is 24.7 Å². The van der Waals surface area contributed by atoms with Crippen molar-refractivity contribution < 1.29 is 4.79 Å². The summed E-state index contributed by atoms with van der Waals surface area (Å²) in [6, 6.07) is 5.40. The second-order valence-electron chi connectivity index (χ2n) is 6.74. The molecule has 5 rings (SSSR count). The van der Waals surface area contributed by atoms with Gasteiger partial charge in [0, 0.05) is 44.0 Å². The first-order valence-corrected chi connectivity index (χ1v) is 10.3. The molecule has 10 nitrogen and oxygen atoms in total. The van der Waals surface area contributed by atoms with E-state index in [4.69, 9.17) is 0 Å². The number of imidazole rings is 1. The Morgan fingerprint density at radius 2 is 2.03 bits per heavy atom. The second kappa shape index (κ2) is 8.66. The van der Waals surface area contributed by atoms with Crippen molar-refractivity contribution in [2.75, 3.05) is 36.4 Å². The van der Waals surface area contributed by atoms with Crippen molar-refractivity contribution in [3.05, 3.63) is 58.3 Å². The van der Waals surface area contributed by atoms with Crippen LogP contribution >= 0.6 is 11.3 Å². The van der Waals surface area contributed by atoms with Crippen LogP contribution in [0.4, 0.5) is 11.4 Å². The van der Waals surface area contributed by atoms with Crippen molar-refractivity contribution in [1.29, 1.82) is 0 Å². The number of amides is 1. The molecule has 3 N–H and O–H groups in total. The molecule has 0 aromatic carbocycles. The van der Waals surface area contributed by atoms with Gasteiger partial charge in [0.25, 0.3) is 5.91 Å². The van der Waals surface area contributed by atoms with Crippen molar-refractivity contribution in [3.8, 4) is 5.13 Å². The van der Waals surface area contributed by atoms with E-state index in [0.717, 1.165) is 31.9 Å². The lowest BCUT2D eigenvalue weighted by molar-refractivity contribution is 0.102. The highest BCUT2D eigenvalue weighted by Crippen LogP contribution is 2.26. The molecule has 1 amide bonds. The first-order chi connectivity index (χ1) is 14.7. The van der Waals surface area contributed by atoms with Crippen LogP contribution in [0.3, 0.4) is 0 Å². The quantitative estimate of drug-likeness (QED) is 0.445. The summed E-state index contributed by atoms with van der Waals surface area (Å²) in [5, 5.41) is 8.22. The number of anilines is 2. The Bertz CT molecular complexity index is 1270. The van der Waals surface area contributed by atoms with Crippen molar-refractivity contribution >= 4 is 39.8 Å². The van der Waals surface area contributed by atoms with Crippen LogP contribution in [0.5, 0.6) is 0 Å². The molecule has 0 unspecified atom stereocenters. The highest BCUT2D eigenvalue weighted by atomic mass is 32.1. The minimum absolute atomic E-state index is 0. The molecular weight excluding hydrogens is 416 g/mol. The molecule has 0 bridgehead atoms. The zero-order valence-electron chi connectivity index (χ0n) is 15.8. The lowest BCUT2D eigenvalue weighted by Crippen LogP contribution is -2.43. The van der Waals surface area contributed by atoms with Gasteiger partial charge in [0.1, 0.15) is 5.69 Å². The van der Waals surface area contributed by atoms with E-state index in [0.29, 0.717) is 22.0 Å². The Morgan fingerprint density at radius 3 is 2.87 bits per heavy atom. The number of nitrogens with one attached hydrogen (secondary N) is 3. The van der Waals surface area contributed by atoms with Gasteiger partial charge in [-0.2, -0.15) is 0 Å². The summed E-state index contributed by atoms with van der Waals surface area (Å²) in [5.74, 6) is -0.359. The number of pyridine rings is 2. The van der Waals surface area contributed by atoms with Gasteiger partial charge in [-0.1, -0.05) is 7.43 Å². The van der Waals surface area contributed by atoms with Gasteiger partial charge < -0.3 is 20.5 Å². The first-order valence-electron chi connectivity index (χ1n) is 9.43. The third-order valence-electron chi connectivity index (χ3n) is 4.86. The zero-order valence-corrected chi connectivity index (χ0v) is 16.6. The van der Waals surface area contributed by atoms with E-state index in [1.807, 2.05) is 6.07 Å². The molecule has 1 fully saturated rings. The van der Waals surface area contributed by atoms with Gasteiger partial charge in [0.05, 0.1) is 23.1 Å². The number of thiazole rings is 1. The van der Waals surface area contributed by atoms with Gasteiger partial charge in [-0.25, -0.2) is 19.3 Å². The van der Waals surface area contributed by atoms with Gasteiger partial charge >= 0.3 is 5.69 Å². The Kier molecular flexibility index (Phi) is 5.78. The van der Waals surface area contributed by atoms with Gasteiger partial charge in [-0.3, -0.25) is 9.78 Å². The summed E-state index contributed by atoms with van der Waals surface area (Å²) in [4.78, 5) is 42.9. The molecule has 4 aromatic rings. The van der Waals surface area contributed by atoms with Crippen LogP contribution in [-0.4, -0.2) is 56.6 Å². The molecule has 5 heterocycles. The van der Waals surface area contributed by atoms with Gasteiger partial charge in [0.15, 0.2) is 10.8 Å². The van der Waals surface area contributed by atoms with Gasteiger partial charge in [-0.15, -0.1) is 11.3 Å². The van der Waals surface area contributed by atoms with Crippen molar-refractivity contribution in [2.24, 2.45) is 0 Å². The van der Waals surface area contributed by atoms with Crippen LogP contribution in [0.2, 0.25) is 0 Å². The summed E-state index contributed by atoms with van der Waals surface area (Å²) in [6.45, 7) is 3.48. The average Bonchev–Trinajstić information content (AvgIpc) is 3.38. The average molecular weight is 439 g/mol. The predicted molar refractivity (Wildman–Crippen MR) is 121 cm³/mol.